The summed E-state index contributed by atoms with van der Waals surface area (Å²) in [6, 6.07) is 6.27. The molecule has 0 saturated heterocycles. The fraction of sp³-hybridized carbons (Fsp3) is 0.500. The molecular weight excluding hydrogens is 378 g/mol. The van der Waals surface area contributed by atoms with Crippen LogP contribution in [0.15, 0.2) is 36.4 Å². The molecule has 0 atom stereocenters. The van der Waals surface area contributed by atoms with E-state index < -0.39 is 28.3 Å². The molecule has 0 heterocycles. The normalized spacial score (nSPS) is 11.8. The Morgan fingerprint density at radius 3 is 2.03 bits per heavy atom. The van der Waals surface area contributed by atoms with Gasteiger partial charge in [0.05, 0.1) is 11.5 Å². The highest BCUT2D eigenvalue weighted by Crippen LogP contribution is 2.22. The van der Waals surface area contributed by atoms with E-state index in [1.807, 2.05) is 0 Å². The van der Waals surface area contributed by atoms with Crippen LogP contribution in [0.2, 0.25) is 0 Å². The molecule has 0 unspecified atom stereocenters. The van der Waals surface area contributed by atoms with Crippen molar-refractivity contribution in [1.82, 2.24) is 4.90 Å². The van der Waals surface area contributed by atoms with Gasteiger partial charge in [-0.15, -0.1) is 0 Å². The lowest BCUT2D eigenvalue weighted by Gasteiger charge is -2.28. The maximum atomic E-state index is 12.4. The maximum absolute atomic E-state index is 12.4. The second-order valence-corrected chi connectivity index (χ2v) is 8.20. The van der Waals surface area contributed by atoms with E-state index in [0.717, 1.165) is 4.90 Å². The summed E-state index contributed by atoms with van der Waals surface area (Å²) < 4.78 is 10.5. The van der Waals surface area contributed by atoms with Crippen molar-refractivity contribution < 1.29 is 24.0 Å². The molecule has 1 aromatic carbocycles. The Morgan fingerprint density at radius 2 is 1.55 bits per heavy atom. The summed E-state index contributed by atoms with van der Waals surface area (Å²) in [6.45, 7) is 10.4. The molecule has 0 radical (unpaired) electrons. The Morgan fingerprint density at radius 1 is 1.03 bits per heavy atom. The number of nitro benzene ring substituents is 1. The quantitative estimate of drug-likeness (QED) is 0.412. The van der Waals surface area contributed by atoms with Crippen LogP contribution in [0.25, 0.3) is 0 Å². The lowest BCUT2D eigenvalue weighted by molar-refractivity contribution is -0.383. The van der Waals surface area contributed by atoms with Crippen molar-refractivity contribution in [3.63, 3.8) is 0 Å². The number of para-hydroxylation sites is 2. The van der Waals surface area contributed by atoms with Crippen molar-refractivity contribution >= 4 is 23.6 Å². The van der Waals surface area contributed by atoms with Crippen LogP contribution in [0.1, 0.15) is 41.5 Å². The minimum atomic E-state index is -0.817. The van der Waals surface area contributed by atoms with Crippen molar-refractivity contribution in [2.75, 3.05) is 18.4 Å². The summed E-state index contributed by atoms with van der Waals surface area (Å²) in [7, 11) is 0. The van der Waals surface area contributed by atoms with Crippen molar-refractivity contribution in [3.8, 4) is 0 Å². The standard InChI is InChI=1S/C20H29N3O6/c1-19(2,3)28-17(24)22(18(25)29-20(4,5)6)14-10-9-13-21-15-11-7-8-12-16(15)23(26)27/h7-12,21H,13-14H2,1-6H3/b10-9+. The fourth-order valence-corrected chi connectivity index (χ4v) is 2.07. The molecule has 0 saturated carbocycles. The van der Waals surface area contributed by atoms with Gasteiger partial charge in [0.25, 0.3) is 5.69 Å². The molecule has 0 fully saturated rings. The molecule has 29 heavy (non-hydrogen) atoms. The Hall–Kier alpha value is -3.10. The van der Waals surface area contributed by atoms with Crippen LogP contribution in [0.5, 0.6) is 0 Å². The lowest BCUT2D eigenvalue weighted by Crippen LogP contribution is -2.43. The van der Waals surface area contributed by atoms with Crippen molar-refractivity contribution in [2.45, 2.75) is 52.7 Å². The first kappa shape index (κ1) is 23.9. The third-order valence-corrected chi connectivity index (χ3v) is 3.19. The molecular formula is C20H29N3O6. The van der Waals surface area contributed by atoms with Crippen LogP contribution in [-0.2, 0) is 9.47 Å². The van der Waals surface area contributed by atoms with Gasteiger partial charge in [-0.2, -0.15) is 0 Å². The maximum Gasteiger partial charge on any atom is 0.420 e. The molecule has 0 aliphatic carbocycles. The predicted octanol–water partition coefficient (Wildman–Crippen LogP) is 4.74. The number of carbonyl (C=O) groups excluding carboxylic acids is 2. The molecule has 9 heteroatoms. The van der Waals surface area contributed by atoms with Gasteiger partial charge in [0, 0.05) is 12.6 Å². The van der Waals surface area contributed by atoms with E-state index in [1.54, 1.807) is 71.9 Å². The Labute approximate surface area is 170 Å². The second-order valence-electron chi connectivity index (χ2n) is 8.20. The van der Waals surface area contributed by atoms with Gasteiger partial charge < -0.3 is 14.8 Å². The van der Waals surface area contributed by atoms with E-state index >= 15 is 0 Å². The highest BCUT2D eigenvalue weighted by molar-refractivity contribution is 5.88. The molecule has 0 spiro atoms. The van der Waals surface area contributed by atoms with E-state index in [0.29, 0.717) is 5.69 Å². The highest BCUT2D eigenvalue weighted by atomic mass is 16.6. The molecule has 2 amide bonds. The van der Waals surface area contributed by atoms with Gasteiger partial charge in [-0.1, -0.05) is 24.3 Å². The number of hydrogen-bond acceptors (Lipinski definition) is 7. The molecule has 1 N–H and O–H groups in total. The summed E-state index contributed by atoms with van der Waals surface area (Å²) in [5.41, 5.74) is -1.20. The topological polar surface area (TPSA) is 111 Å². The van der Waals surface area contributed by atoms with Crippen molar-refractivity contribution in [3.05, 3.63) is 46.5 Å². The number of nitrogens with zero attached hydrogens (tertiary/aromatic N) is 2. The first-order chi connectivity index (χ1) is 13.3. The third-order valence-electron chi connectivity index (χ3n) is 3.19. The number of benzene rings is 1. The van der Waals surface area contributed by atoms with E-state index in [-0.39, 0.29) is 18.8 Å². The van der Waals surface area contributed by atoms with Crippen molar-refractivity contribution in [1.29, 1.82) is 0 Å². The first-order valence-corrected chi connectivity index (χ1v) is 9.16. The van der Waals surface area contributed by atoms with Crippen LogP contribution in [0, 0.1) is 10.1 Å². The Balaban J connectivity index is 2.77. The van der Waals surface area contributed by atoms with Crippen molar-refractivity contribution in [2.24, 2.45) is 0 Å². The van der Waals surface area contributed by atoms with Crippen LogP contribution in [0.3, 0.4) is 0 Å². The molecule has 1 aromatic rings. The van der Waals surface area contributed by atoms with Crippen LogP contribution in [-0.4, -0.2) is 46.3 Å². The summed E-state index contributed by atoms with van der Waals surface area (Å²) in [4.78, 5) is 36.1. The zero-order chi connectivity index (χ0) is 22.2. The van der Waals surface area contributed by atoms with Gasteiger partial charge in [0.15, 0.2) is 0 Å². The number of anilines is 1. The predicted molar refractivity (Wildman–Crippen MR) is 110 cm³/mol. The zero-order valence-electron chi connectivity index (χ0n) is 17.7. The molecule has 0 aliphatic heterocycles. The summed E-state index contributed by atoms with van der Waals surface area (Å²) in [5, 5.41) is 13.9. The largest absolute Gasteiger partial charge is 0.443 e. The molecule has 0 aromatic heterocycles. The second kappa shape index (κ2) is 9.90. The van der Waals surface area contributed by atoms with Gasteiger partial charge in [-0.25, -0.2) is 14.5 Å². The van der Waals surface area contributed by atoms with E-state index in [9.17, 15) is 19.7 Å². The molecule has 9 nitrogen and oxygen atoms in total. The average molecular weight is 407 g/mol. The van der Waals surface area contributed by atoms with Gasteiger partial charge in [-0.3, -0.25) is 10.1 Å². The third kappa shape index (κ3) is 9.09. The molecule has 160 valence electrons. The first-order valence-electron chi connectivity index (χ1n) is 9.16. The van der Waals surface area contributed by atoms with Crippen LogP contribution >= 0.6 is 0 Å². The van der Waals surface area contributed by atoms with Gasteiger partial charge in [0.2, 0.25) is 0 Å². The number of hydrogen-bond donors (Lipinski definition) is 1. The smallest absolute Gasteiger partial charge is 0.420 e. The number of rotatable bonds is 6. The van der Waals surface area contributed by atoms with E-state index in [1.165, 1.54) is 6.07 Å². The van der Waals surface area contributed by atoms with Gasteiger partial charge in [0.1, 0.15) is 16.9 Å². The monoisotopic (exact) mass is 407 g/mol. The molecule has 1 rings (SSSR count). The van der Waals surface area contributed by atoms with Gasteiger partial charge >= 0.3 is 12.2 Å². The number of nitrogens with one attached hydrogen (secondary N) is 1. The molecule has 0 aliphatic rings. The number of imide groups is 1. The minimum Gasteiger partial charge on any atom is -0.443 e. The van der Waals surface area contributed by atoms with Crippen LogP contribution < -0.4 is 5.32 Å². The number of ether oxygens (including phenoxy) is 2. The zero-order valence-corrected chi connectivity index (χ0v) is 17.7. The summed E-state index contributed by atoms with van der Waals surface area (Å²) in [6.07, 6.45) is 1.60. The Kier molecular flexibility index (Phi) is 8.17. The van der Waals surface area contributed by atoms with E-state index in [4.69, 9.17) is 9.47 Å². The van der Waals surface area contributed by atoms with E-state index in [2.05, 4.69) is 5.32 Å². The SMILES string of the molecule is CC(C)(C)OC(=O)N(C/C=C/CNc1ccccc1[N+](=O)[O-])C(=O)OC(C)(C)C. The van der Waals surface area contributed by atoms with Crippen LogP contribution in [0.4, 0.5) is 21.0 Å². The average Bonchev–Trinajstić information content (AvgIpc) is 2.54. The Bertz CT molecular complexity index is 734. The van der Waals surface area contributed by atoms with Gasteiger partial charge in [-0.05, 0) is 47.6 Å². The number of carbonyl (C=O) groups is 2. The molecule has 0 bridgehead atoms. The number of nitro groups is 1. The fourth-order valence-electron chi connectivity index (χ4n) is 2.07. The minimum absolute atomic E-state index is 0.0370. The lowest BCUT2D eigenvalue weighted by atomic mass is 10.2. The summed E-state index contributed by atoms with van der Waals surface area (Å²) in [5.74, 6) is 0. The summed E-state index contributed by atoms with van der Waals surface area (Å²) >= 11 is 0. The highest BCUT2D eigenvalue weighted by Gasteiger charge is 2.30. The number of amides is 2.